The van der Waals surface area contributed by atoms with Gasteiger partial charge in [-0.2, -0.15) is 0 Å². The lowest BCUT2D eigenvalue weighted by molar-refractivity contribution is -0.124. The van der Waals surface area contributed by atoms with Gasteiger partial charge in [-0.3, -0.25) is 30.1 Å². The van der Waals surface area contributed by atoms with Crippen LogP contribution in [0, 0.1) is 0 Å². The molecule has 0 unspecified atom stereocenters. The summed E-state index contributed by atoms with van der Waals surface area (Å²) in [6.45, 7) is 0.0912. The molecule has 10 heteroatoms. The van der Waals surface area contributed by atoms with E-state index in [0.29, 0.717) is 15.0 Å². The number of methoxy groups -OCH3 is 1. The Balaban J connectivity index is 1.54. The lowest BCUT2D eigenvalue weighted by atomic mass is 10.2. The van der Waals surface area contributed by atoms with Crippen molar-refractivity contribution in [3.05, 3.63) is 69.6 Å². The summed E-state index contributed by atoms with van der Waals surface area (Å²) in [4.78, 5) is 38.7. The van der Waals surface area contributed by atoms with Crippen LogP contribution in [-0.4, -0.2) is 40.6 Å². The smallest absolute Gasteiger partial charge is 0.271 e. The SMILES string of the molecule is COc1cccc(/C=C2/SC(=S)N(CCC(=O)NNC(=O)c3ccccc3Cl)C2=O)c1. The van der Waals surface area contributed by atoms with E-state index in [-0.39, 0.29) is 29.5 Å². The summed E-state index contributed by atoms with van der Waals surface area (Å²) in [5.41, 5.74) is 5.66. The third-order valence-electron chi connectivity index (χ3n) is 4.26. The highest BCUT2D eigenvalue weighted by Gasteiger charge is 2.32. The molecule has 3 rings (SSSR count). The summed E-state index contributed by atoms with van der Waals surface area (Å²) in [5, 5.41) is 0.273. The zero-order valence-electron chi connectivity index (χ0n) is 16.4. The van der Waals surface area contributed by atoms with Gasteiger partial charge in [0.05, 0.1) is 22.6 Å². The Bertz CT molecular complexity index is 1070. The predicted octanol–water partition coefficient (Wildman–Crippen LogP) is 3.40. The molecule has 7 nitrogen and oxygen atoms in total. The van der Waals surface area contributed by atoms with Crippen molar-refractivity contribution in [1.29, 1.82) is 0 Å². The number of thioether (sulfide) groups is 1. The molecule has 0 bridgehead atoms. The van der Waals surface area contributed by atoms with Crippen LogP contribution >= 0.6 is 35.6 Å². The molecule has 3 amide bonds. The van der Waals surface area contributed by atoms with Crippen molar-refractivity contribution in [2.24, 2.45) is 0 Å². The van der Waals surface area contributed by atoms with Gasteiger partial charge in [0.1, 0.15) is 10.1 Å². The van der Waals surface area contributed by atoms with Crippen molar-refractivity contribution in [2.75, 3.05) is 13.7 Å². The largest absolute Gasteiger partial charge is 0.497 e. The van der Waals surface area contributed by atoms with Gasteiger partial charge in [0.25, 0.3) is 11.8 Å². The fraction of sp³-hybridized carbons (Fsp3) is 0.143. The maximum absolute atomic E-state index is 12.7. The van der Waals surface area contributed by atoms with E-state index in [1.54, 1.807) is 37.5 Å². The molecule has 1 fully saturated rings. The number of ether oxygens (including phenoxy) is 1. The number of carbonyl (C=O) groups is 3. The van der Waals surface area contributed by atoms with Gasteiger partial charge in [-0.1, -0.05) is 59.8 Å². The maximum Gasteiger partial charge on any atom is 0.271 e. The van der Waals surface area contributed by atoms with E-state index in [1.165, 1.54) is 16.7 Å². The maximum atomic E-state index is 12.7. The molecular weight excluding hydrogens is 458 g/mol. The third kappa shape index (κ3) is 5.84. The van der Waals surface area contributed by atoms with E-state index in [1.807, 2.05) is 24.3 Å². The Hall–Kier alpha value is -2.88. The first-order valence-electron chi connectivity index (χ1n) is 9.12. The minimum atomic E-state index is -0.536. The van der Waals surface area contributed by atoms with Crippen molar-refractivity contribution in [3.63, 3.8) is 0 Å². The molecule has 0 atom stereocenters. The Morgan fingerprint density at radius 3 is 2.71 bits per heavy atom. The molecule has 31 heavy (non-hydrogen) atoms. The molecule has 2 aromatic rings. The Kier molecular flexibility index (Phi) is 7.67. The quantitative estimate of drug-likeness (QED) is 0.378. The average molecular weight is 476 g/mol. The van der Waals surface area contributed by atoms with Crippen LogP contribution in [0.1, 0.15) is 22.3 Å². The van der Waals surface area contributed by atoms with Crippen molar-refractivity contribution < 1.29 is 19.1 Å². The zero-order valence-corrected chi connectivity index (χ0v) is 18.8. The molecule has 0 spiro atoms. The number of amides is 3. The Morgan fingerprint density at radius 2 is 1.97 bits per heavy atom. The van der Waals surface area contributed by atoms with Crippen LogP contribution in [0.2, 0.25) is 5.02 Å². The monoisotopic (exact) mass is 475 g/mol. The standard InChI is InChI=1S/C21H18ClN3O4S2/c1-29-14-6-4-5-13(11-14)12-17-20(28)25(21(30)31-17)10-9-18(26)23-24-19(27)15-7-2-3-8-16(15)22/h2-8,11-12H,9-10H2,1H3,(H,23,26)(H,24,27)/b17-12+. The Labute approximate surface area is 193 Å². The first kappa shape index (κ1) is 22.8. The van der Waals surface area contributed by atoms with Gasteiger partial charge < -0.3 is 4.74 Å². The van der Waals surface area contributed by atoms with Crippen LogP contribution in [0.4, 0.5) is 0 Å². The van der Waals surface area contributed by atoms with Crippen molar-refractivity contribution in [1.82, 2.24) is 15.8 Å². The third-order valence-corrected chi connectivity index (χ3v) is 5.97. The van der Waals surface area contributed by atoms with E-state index >= 15 is 0 Å². The van der Waals surface area contributed by atoms with Crippen LogP contribution in [0.5, 0.6) is 5.75 Å². The molecule has 160 valence electrons. The van der Waals surface area contributed by atoms with Gasteiger partial charge >= 0.3 is 0 Å². The zero-order chi connectivity index (χ0) is 22.4. The number of hydrogen-bond donors (Lipinski definition) is 2. The normalized spacial score (nSPS) is 14.6. The number of carbonyl (C=O) groups excluding carboxylic acids is 3. The number of thiocarbonyl (C=S) groups is 1. The van der Waals surface area contributed by atoms with Gasteiger partial charge in [-0.15, -0.1) is 0 Å². The Morgan fingerprint density at radius 1 is 1.19 bits per heavy atom. The molecule has 1 aliphatic rings. The number of nitrogens with zero attached hydrogens (tertiary/aromatic N) is 1. The average Bonchev–Trinajstić information content (AvgIpc) is 3.03. The molecule has 0 aromatic heterocycles. The first-order valence-corrected chi connectivity index (χ1v) is 10.7. The summed E-state index contributed by atoms with van der Waals surface area (Å²) < 4.78 is 5.56. The second-order valence-corrected chi connectivity index (χ2v) is 8.43. The lowest BCUT2D eigenvalue weighted by Crippen LogP contribution is -2.43. The fourth-order valence-corrected chi connectivity index (χ4v) is 4.22. The van der Waals surface area contributed by atoms with Crippen LogP contribution in [0.25, 0.3) is 6.08 Å². The first-order chi connectivity index (χ1) is 14.9. The summed E-state index contributed by atoms with van der Waals surface area (Å²) >= 11 is 12.4. The topological polar surface area (TPSA) is 87.7 Å². The van der Waals surface area contributed by atoms with Gasteiger partial charge in [-0.05, 0) is 35.9 Å². The minimum Gasteiger partial charge on any atom is -0.497 e. The number of hydrazine groups is 1. The highest BCUT2D eigenvalue weighted by Crippen LogP contribution is 2.33. The number of nitrogens with one attached hydrogen (secondary N) is 2. The van der Waals surface area contributed by atoms with E-state index in [0.717, 1.165) is 5.56 Å². The van der Waals surface area contributed by atoms with Crippen LogP contribution in [0.3, 0.4) is 0 Å². The molecule has 2 N–H and O–H groups in total. The van der Waals surface area contributed by atoms with E-state index in [2.05, 4.69) is 10.9 Å². The number of rotatable bonds is 6. The molecule has 1 heterocycles. The van der Waals surface area contributed by atoms with Gasteiger partial charge in [0.2, 0.25) is 5.91 Å². The van der Waals surface area contributed by atoms with E-state index in [4.69, 9.17) is 28.6 Å². The molecule has 0 radical (unpaired) electrons. The van der Waals surface area contributed by atoms with E-state index in [9.17, 15) is 14.4 Å². The molecule has 1 aliphatic heterocycles. The summed E-state index contributed by atoms with van der Waals surface area (Å²) in [6, 6.07) is 13.8. The minimum absolute atomic E-state index is 0.0400. The summed E-state index contributed by atoms with van der Waals surface area (Å²) in [7, 11) is 1.57. The number of halogens is 1. The molecule has 0 saturated carbocycles. The predicted molar refractivity (Wildman–Crippen MR) is 125 cm³/mol. The highest BCUT2D eigenvalue weighted by atomic mass is 35.5. The second kappa shape index (κ2) is 10.4. The van der Waals surface area contributed by atoms with Crippen molar-refractivity contribution in [2.45, 2.75) is 6.42 Å². The molecule has 2 aromatic carbocycles. The van der Waals surface area contributed by atoms with Gasteiger partial charge in [0.15, 0.2) is 0 Å². The van der Waals surface area contributed by atoms with Crippen LogP contribution in [0.15, 0.2) is 53.4 Å². The van der Waals surface area contributed by atoms with Gasteiger partial charge in [0, 0.05) is 13.0 Å². The lowest BCUT2D eigenvalue weighted by Gasteiger charge is -2.14. The van der Waals surface area contributed by atoms with Crippen molar-refractivity contribution >= 4 is 63.7 Å². The number of benzene rings is 2. The molecular formula is C21H18ClN3O4S2. The molecule has 0 aliphatic carbocycles. The molecule has 1 saturated heterocycles. The van der Waals surface area contributed by atoms with Crippen LogP contribution < -0.4 is 15.6 Å². The summed E-state index contributed by atoms with van der Waals surface area (Å²) in [6.07, 6.45) is 1.69. The second-order valence-electron chi connectivity index (χ2n) is 6.34. The van der Waals surface area contributed by atoms with Crippen LogP contribution in [-0.2, 0) is 9.59 Å². The summed E-state index contributed by atoms with van der Waals surface area (Å²) in [5.74, 6) is -0.595. The van der Waals surface area contributed by atoms with Crippen molar-refractivity contribution in [3.8, 4) is 5.75 Å². The highest BCUT2D eigenvalue weighted by molar-refractivity contribution is 8.26. The van der Waals surface area contributed by atoms with E-state index < -0.39 is 11.8 Å². The van der Waals surface area contributed by atoms with Gasteiger partial charge in [-0.25, -0.2) is 0 Å². The number of hydrogen-bond acceptors (Lipinski definition) is 6. The fourth-order valence-electron chi connectivity index (χ4n) is 2.69.